The van der Waals surface area contributed by atoms with Gasteiger partial charge in [0.15, 0.2) is 11.5 Å². The number of hydrogen-bond acceptors (Lipinski definition) is 2. The van der Waals surface area contributed by atoms with E-state index in [9.17, 15) is 0 Å². The Bertz CT molecular complexity index is 721. The quantitative estimate of drug-likeness (QED) is 0.538. The van der Waals surface area contributed by atoms with Crippen molar-refractivity contribution in [2.45, 2.75) is 0 Å². The third-order valence-electron chi connectivity index (χ3n) is 2.96. The van der Waals surface area contributed by atoms with Crippen LogP contribution in [0.15, 0.2) is 72.8 Å². The van der Waals surface area contributed by atoms with Gasteiger partial charge in [-0.25, -0.2) is 0 Å². The van der Waals surface area contributed by atoms with Crippen molar-refractivity contribution in [1.29, 1.82) is 0 Å². The van der Waals surface area contributed by atoms with Gasteiger partial charge >= 0.3 is 0 Å². The molecule has 3 aromatic rings. The Morgan fingerprint density at radius 3 is 1.14 bits per heavy atom. The first kappa shape index (κ1) is 14.8. The fraction of sp³-hybridized carbons (Fsp3) is 0. The van der Waals surface area contributed by atoms with Crippen molar-refractivity contribution in [3.63, 3.8) is 0 Å². The fourth-order valence-electron chi connectivity index (χ4n) is 1.91. The zero-order valence-electron chi connectivity index (χ0n) is 11.5. The van der Waals surface area contributed by atoms with Crippen LogP contribution in [0.4, 0.5) is 0 Å². The van der Waals surface area contributed by atoms with Crippen molar-refractivity contribution >= 4 is 23.2 Å². The molecule has 0 saturated heterocycles. The maximum Gasteiger partial charge on any atom is 0.170 e. The molecule has 0 unspecified atom stereocenters. The highest BCUT2D eigenvalue weighted by atomic mass is 35.5. The topological polar surface area (TPSA) is 18.5 Å². The molecule has 0 spiro atoms. The molecule has 0 amide bonds. The van der Waals surface area contributed by atoms with E-state index >= 15 is 0 Å². The highest BCUT2D eigenvalue weighted by Gasteiger charge is 2.10. The predicted octanol–water partition coefficient (Wildman–Crippen LogP) is 6.58. The summed E-state index contributed by atoms with van der Waals surface area (Å²) in [5.74, 6) is 2.27. The van der Waals surface area contributed by atoms with E-state index in [0.29, 0.717) is 33.0 Å². The zero-order valence-corrected chi connectivity index (χ0v) is 13.0. The fourth-order valence-corrected chi connectivity index (χ4v) is 2.26. The summed E-state index contributed by atoms with van der Waals surface area (Å²) in [5, 5.41) is 1.07. The van der Waals surface area contributed by atoms with Gasteiger partial charge in [-0.3, -0.25) is 0 Å². The second-order valence-corrected chi connectivity index (χ2v) is 5.33. The van der Waals surface area contributed by atoms with E-state index in [0.717, 1.165) is 0 Å². The molecule has 0 aliphatic rings. The Labute approximate surface area is 138 Å². The number of para-hydroxylation sites is 4. The lowest BCUT2D eigenvalue weighted by atomic mass is 10.3. The molecule has 110 valence electrons. The van der Waals surface area contributed by atoms with Gasteiger partial charge in [0.2, 0.25) is 0 Å². The molecule has 0 N–H and O–H groups in total. The van der Waals surface area contributed by atoms with Gasteiger partial charge in [0, 0.05) is 0 Å². The summed E-state index contributed by atoms with van der Waals surface area (Å²) >= 11 is 12.2. The van der Waals surface area contributed by atoms with E-state index in [-0.39, 0.29) is 0 Å². The molecule has 0 aromatic heterocycles. The lowest BCUT2D eigenvalue weighted by Gasteiger charge is -2.13. The molecular weight excluding hydrogens is 319 g/mol. The average Bonchev–Trinajstić information content (AvgIpc) is 2.53. The summed E-state index contributed by atoms with van der Waals surface area (Å²) in [7, 11) is 0. The summed E-state index contributed by atoms with van der Waals surface area (Å²) < 4.78 is 11.7. The first-order valence-corrected chi connectivity index (χ1v) is 7.43. The molecule has 0 bridgehead atoms. The largest absolute Gasteiger partial charge is 0.452 e. The van der Waals surface area contributed by atoms with Crippen LogP contribution in [-0.4, -0.2) is 0 Å². The molecular formula is C18H12Cl2O2. The Balaban J connectivity index is 1.91. The van der Waals surface area contributed by atoms with Crippen LogP contribution in [0.5, 0.6) is 23.0 Å². The summed E-state index contributed by atoms with van der Waals surface area (Å²) in [5.41, 5.74) is 0. The molecule has 2 nitrogen and oxygen atoms in total. The SMILES string of the molecule is Clc1ccccc1Oc1ccccc1Oc1ccccc1Cl. The third-order valence-corrected chi connectivity index (χ3v) is 3.59. The summed E-state index contributed by atoms with van der Waals surface area (Å²) in [4.78, 5) is 0. The van der Waals surface area contributed by atoms with Gasteiger partial charge in [-0.15, -0.1) is 0 Å². The van der Waals surface area contributed by atoms with E-state index in [1.54, 1.807) is 24.3 Å². The minimum Gasteiger partial charge on any atom is -0.452 e. The maximum atomic E-state index is 6.12. The molecule has 0 saturated carbocycles. The van der Waals surface area contributed by atoms with Crippen LogP contribution in [0.2, 0.25) is 10.0 Å². The molecule has 0 heterocycles. The van der Waals surface area contributed by atoms with E-state index < -0.39 is 0 Å². The van der Waals surface area contributed by atoms with Crippen LogP contribution in [0.25, 0.3) is 0 Å². The normalized spacial score (nSPS) is 10.3. The lowest BCUT2D eigenvalue weighted by molar-refractivity contribution is 0.419. The zero-order chi connectivity index (χ0) is 15.4. The lowest BCUT2D eigenvalue weighted by Crippen LogP contribution is -1.91. The van der Waals surface area contributed by atoms with Gasteiger partial charge < -0.3 is 9.47 Å². The highest BCUT2D eigenvalue weighted by Crippen LogP contribution is 2.38. The van der Waals surface area contributed by atoms with Crippen LogP contribution in [-0.2, 0) is 0 Å². The molecule has 3 aromatic carbocycles. The van der Waals surface area contributed by atoms with Gasteiger partial charge in [-0.2, -0.15) is 0 Å². The second-order valence-electron chi connectivity index (χ2n) is 4.51. The minimum atomic E-state index is 0.537. The molecule has 22 heavy (non-hydrogen) atoms. The molecule has 0 aliphatic heterocycles. The van der Waals surface area contributed by atoms with Gasteiger partial charge in [0.05, 0.1) is 10.0 Å². The van der Waals surface area contributed by atoms with E-state index in [2.05, 4.69) is 0 Å². The number of benzene rings is 3. The van der Waals surface area contributed by atoms with Crippen LogP contribution in [0, 0.1) is 0 Å². The first-order valence-electron chi connectivity index (χ1n) is 6.68. The van der Waals surface area contributed by atoms with E-state index in [4.69, 9.17) is 32.7 Å². The first-order chi connectivity index (χ1) is 10.7. The standard InChI is InChI=1S/C18H12Cl2O2/c19-13-7-1-3-9-15(13)21-17-11-5-6-12-18(17)22-16-10-4-2-8-14(16)20/h1-12H. The monoisotopic (exact) mass is 330 g/mol. The summed E-state index contributed by atoms with van der Waals surface area (Å²) in [6.45, 7) is 0. The van der Waals surface area contributed by atoms with Gasteiger partial charge in [0.1, 0.15) is 11.5 Å². The summed E-state index contributed by atoms with van der Waals surface area (Å²) in [6.07, 6.45) is 0. The van der Waals surface area contributed by atoms with Crippen molar-refractivity contribution in [3.05, 3.63) is 82.8 Å². The van der Waals surface area contributed by atoms with Crippen LogP contribution in [0.3, 0.4) is 0 Å². The number of hydrogen-bond donors (Lipinski definition) is 0. The number of halogens is 2. The Morgan fingerprint density at radius 1 is 0.455 bits per heavy atom. The number of ether oxygens (including phenoxy) is 2. The minimum absolute atomic E-state index is 0.537. The smallest absolute Gasteiger partial charge is 0.170 e. The number of rotatable bonds is 4. The van der Waals surface area contributed by atoms with Gasteiger partial charge in [0.25, 0.3) is 0 Å². The van der Waals surface area contributed by atoms with Crippen molar-refractivity contribution in [3.8, 4) is 23.0 Å². The highest BCUT2D eigenvalue weighted by molar-refractivity contribution is 6.32. The van der Waals surface area contributed by atoms with Crippen molar-refractivity contribution in [2.75, 3.05) is 0 Å². The Hall–Kier alpha value is -2.16. The molecule has 4 heteroatoms. The molecule has 0 atom stereocenters. The van der Waals surface area contributed by atoms with Crippen molar-refractivity contribution < 1.29 is 9.47 Å². The Kier molecular flexibility index (Phi) is 4.52. The molecule has 0 fully saturated rings. The van der Waals surface area contributed by atoms with Crippen molar-refractivity contribution in [2.24, 2.45) is 0 Å². The maximum absolute atomic E-state index is 6.12. The third kappa shape index (κ3) is 3.35. The van der Waals surface area contributed by atoms with Gasteiger partial charge in [-0.1, -0.05) is 59.6 Å². The average molecular weight is 331 g/mol. The second kappa shape index (κ2) is 6.73. The van der Waals surface area contributed by atoms with E-state index in [1.807, 2.05) is 48.5 Å². The van der Waals surface area contributed by atoms with Crippen molar-refractivity contribution in [1.82, 2.24) is 0 Å². The van der Waals surface area contributed by atoms with Crippen LogP contribution in [0.1, 0.15) is 0 Å². The predicted molar refractivity (Wildman–Crippen MR) is 89.5 cm³/mol. The van der Waals surface area contributed by atoms with Gasteiger partial charge in [-0.05, 0) is 36.4 Å². The molecule has 0 radical (unpaired) electrons. The summed E-state index contributed by atoms with van der Waals surface area (Å²) in [6, 6.07) is 21.9. The van der Waals surface area contributed by atoms with Crippen LogP contribution >= 0.6 is 23.2 Å². The van der Waals surface area contributed by atoms with E-state index in [1.165, 1.54) is 0 Å². The van der Waals surface area contributed by atoms with Crippen LogP contribution < -0.4 is 9.47 Å². The molecule has 0 aliphatic carbocycles. The Morgan fingerprint density at radius 2 is 0.773 bits per heavy atom. The molecule has 3 rings (SSSR count).